The molecule has 0 aliphatic carbocycles. The maximum absolute atomic E-state index is 12.8. The summed E-state index contributed by atoms with van der Waals surface area (Å²) in [7, 11) is 0. The first-order valence-electron chi connectivity index (χ1n) is 8.89. The summed E-state index contributed by atoms with van der Waals surface area (Å²) in [6.07, 6.45) is 2.80. The number of carbonyl (C=O) groups excluding carboxylic acids is 2. The summed E-state index contributed by atoms with van der Waals surface area (Å²) < 4.78 is 5.89. The van der Waals surface area contributed by atoms with Crippen molar-refractivity contribution in [3.05, 3.63) is 48.2 Å². The molecule has 1 atom stereocenters. The first-order valence-corrected chi connectivity index (χ1v) is 8.89. The lowest BCUT2D eigenvalue weighted by Gasteiger charge is -2.21. The number of hydrogen-bond donors (Lipinski definition) is 1. The van der Waals surface area contributed by atoms with Gasteiger partial charge in [0.05, 0.1) is 6.54 Å². The Morgan fingerprint density at radius 1 is 1.23 bits per heavy atom. The van der Waals surface area contributed by atoms with E-state index in [-0.39, 0.29) is 30.7 Å². The van der Waals surface area contributed by atoms with E-state index in [4.69, 9.17) is 4.74 Å². The molecule has 0 fully saturated rings. The van der Waals surface area contributed by atoms with E-state index < -0.39 is 0 Å². The molecule has 3 rings (SSSR count). The minimum absolute atomic E-state index is 0.106. The molecule has 0 bridgehead atoms. The number of ether oxygens (including phenoxy) is 1. The van der Waals surface area contributed by atoms with Gasteiger partial charge in [0, 0.05) is 30.6 Å². The highest BCUT2D eigenvalue weighted by Gasteiger charge is 2.26. The number of fused-ring (bicyclic) bond motifs is 2. The Kier molecular flexibility index (Phi) is 5.51. The minimum atomic E-state index is -0.126. The predicted molar refractivity (Wildman–Crippen MR) is 99.1 cm³/mol. The average molecular weight is 353 g/mol. The molecular formula is C20H23N3O3. The molecule has 2 heterocycles. The van der Waals surface area contributed by atoms with Crippen LogP contribution in [0.2, 0.25) is 0 Å². The Labute approximate surface area is 153 Å². The molecular weight excluding hydrogens is 330 g/mol. The quantitative estimate of drug-likeness (QED) is 0.894. The van der Waals surface area contributed by atoms with Crippen molar-refractivity contribution >= 4 is 17.5 Å². The van der Waals surface area contributed by atoms with Gasteiger partial charge in [-0.05, 0) is 31.5 Å². The van der Waals surface area contributed by atoms with E-state index in [0.717, 1.165) is 12.0 Å². The van der Waals surface area contributed by atoms with Crippen molar-refractivity contribution in [2.24, 2.45) is 0 Å². The number of benzene rings is 1. The highest BCUT2D eigenvalue weighted by molar-refractivity contribution is 5.96. The molecule has 136 valence electrons. The molecule has 0 spiro atoms. The summed E-state index contributed by atoms with van der Waals surface area (Å²) in [5, 5.41) is 2.89. The standard InChI is InChI=1S/C20H23N3O3/c1-3-14(2)22-18(24)10-11-19(25)23-13-15-7-4-5-9-17(15)26-20-16(23)8-6-12-21-20/h4-9,12,14H,3,10-11,13H2,1-2H3,(H,22,24). The zero-order valence-electron chi connectivity index (χ0n) is 15.1. The monoisotopic (exact) mass is 353 g/mol. The normalized spacial score (nSPS) is 13.7. The van der Waals surface area contributed by atoms with Crippen molar-refractivity contribution in [2.75, 3.05) is 4.90 Å². The molecule has 1 aliphatic rings. The summed E-state index contributed by atoms with van der Waals surface area (Å²) in [6, 6.07) is 11.3. The Bertz CT molecular complexity index is 806. The van der Waals surface area contributed by atoms with Gasteiger partial charge in [-0.1, -0.05) is 25.1 Å². The fourth-order valence-electron chi connectivity index (χ4n) is 2.79. The van der Waals surface area contributed by atoms with Gasteiger partial charge in [0.1, 0.15) is 11.4 Å². The Morgan fingerprint density at radius 2 is 2.04 bits per heavy atom. The lowest BCUT2D eigenvalue weighted by Crippen LogP contribution is -2.34. The maximum atomic E-state index is 12.8. The molecule has 0 saturated carbocycles. The van der Waals surface area contributed by atoms with E-state index in [1.54, 1.807) is 17.2 Å². The third-order valence-electron chi connectivity index (χ3n) is 4.44. The lowest BCUT2D eigenvalue weighted by atomic mass is 10.1. The molecule has 1 unspecified atom stereocenters. The number of amides is 2. The van der Waals surface area contributed by atoms with E-state index in [2.05, 4.69) is 10.3 Å². The van der Waals surface area contributed by atoms with Crippen molar-refractivity contribution in [1.82, 2.24) is 10.3 Å². The molecule has 1 N–H and O–H groups in total. The third-order valence-corrected chi connectivity index (χ3v) is 4.44. The number of nitrogens with one attached hydrogen (secondary N) is 1. The fraction of sp³-hybridized carbons (Fsp3) is 0.350. The molecule has 1 aromatic heterocycles. The van der Waals surface area contributed by atoms with Crippen LogP contribution in [0.25, 0.3) is 0 Å². The summed E-state index contributed by atoms with van der Waals surface area (Å²) in [5.74, 6) is 0.858. The smallest absolute Gasteiger partial charge is 0.243 e. The van der Waals surface area contributed by atoms with Gasteiger partial charge < -0.3 is 15.0 Å². The van der Waals surface area contributed by atoms with Crippen LogP contribution in [0.5, 0.6) is 11.6 Å². The Morgan fingerprint density at radius 3 is 2.85 bits per heavy atom. The van der Waals surface area contributed by atoms with Gasteiger partial charge in [-0.2, -0.15) is 0 Å². The first kappa shape index (κ1) is 17.9. The van der Waals surface area contributed by atoms with Crippen LogP contribution >= 0.6 is 0 Å². The van der Waals surface area contributed by atoms with Crippen LogP contribution in [0.4, 0.5) is 5.69 Å². The van der Waals surface area contributed by atoms with Gasteiger partial charge in [0.25, 0.3) is 0 Å². The molecule has 0 saturated heterocycles. The average Bonchev–Trinajstić information content (AvgIpc) is 2.82. The van der Waals surface area contributed by atoms with Gasteiger partial charge in [0.15, 0.2) is 0 Å². The van der Waals surface area contributed by atoms with Crippen LogP contribution in [0.15, 0.2) is 42.6 Å². The Balaban J connectivity index is 1.77. The highest BCUT2D eigenvalue weighted by atomic mass is 16.5. The van der Waals surface area contributed by atoms with E-state index in [9.17, 15) is 9.59 Å². The zero-order valence-corrected chi connectivity index (χ0v) is 15.1. The van der Waals surface area contributed by atoms with Crippen molar-refractivity contribution in [3.8, 4) is 11.6 Å². The van der Waals surface area contributed by atoms with Crippen molar-refractivity contribution in [3.63, 3.8) is 0 Å². The van der Waals surface area contributed by atoms with Gasteiger partial charge in [-0.15, -0.1) is 0 Å². The van der Waals surface area contributed by atoms with Crippen molar-refractivity contribution < 1.29 is 14.3 Å². The second-order valence-electron chi connectivity index (χ2n) is 6.39. The number of nitrogens with zero attached hydrogens (tertiary/aromatic N) is 2. The fourth-order valence-corrected chi connectivity index (χ4v) is 2.79. The van der Waals surface area contributed by atoms with E-state index in [1.807, 2.05) is 44.2 Å². The Hall–Kier alpha value is -2.89. The topological polar surface area (TPSA) is 71.5 Å². The minimum Gasteiger partial charge on any atom is -0.437 e. The van der Waals surface area contributed by atoms with Crippen molar-refractivity contribution in [1.29, 1.82) is 0 Å². The number of pyridine rings is 1. The number of carbonyl (C=O) groups is 2. The SMILES string of the molecule is CCC(C)NC(=O)CCC(=O)N1Cc2ccccc2Oc2ncccc21. The largest absolute Gasteiger partial charge is 0.437 e. The van der Waals surface area contributed by atoms with Gasteiger partial charge in [-0.3, -0.25) is 9.59 Å². The summed E-state index contributed by atoms with van der Waals surface area (Å²) >= 11 is 0. The third kappa shape index (κ3) is 4.02. The molecule has 6 heteroatoms. The predicted octanol–water partition coefficient (Wildman–Crippen LogP) is 3.42. The lowest BCUT2D eigenvalue weighted by molar-refractivity contribution is -0.125. The number of aromatic nitrogens is 1. The second-order valence-corrected chi connectivity index (χ2v) is 6.39. The summed E-state index contributed by atoms with van der Waals surface area (Å²) in [4.78, 5) is 30.7. The number of anilines is 1. The molecule has 26 heavy (non-hydrogen) atoms. The number of rotatable bonds is 5. The summed E-state index contributed by atoms with van der Waals surface area (Å²) in [6.45, 7) is 4.35. The molecule has 2 aromatic rings. The number of hydrogen-bond acceptors (Lipinski definition) is 4. The van der Waals surface area contributed by atoms with E-state index >= 15 is 0 Å². The van der Waals surface area contributed by atoms with Gasteiger partial charge in [0.2, 0.25) is 17.7 Å². The van der Waals surface area contributed by atoms with Crippen LogP contribution in [-0.2, 0) is 16.1 Å². The molecule has 2 amide bonds. The summed E-state index contributed by atoms with van der Waals surface area (Å²) in [5.41, 5.74) is 1.53. The zero-order chi connectivity index (χ0) is 18.5. The number of para-hydroxylation sites is 1. The van der Waals surface area contributed by atoms with E-state index in [1.165, 1.54) is 0 Å². The molecule has 6 nitrogen and oxygen atoms in total. The first-order chi connectivity index (χ1) is 12.6. The van der Waals surface area contributed by atoms with Crippen LogP contribution in [0, 0.1) is 0 Å². The highest BCUT2D eigenvalue weighted by Crippen LogP contribution is 2.37. The van der Waals surface area contributed by atoms with Crippen LogP contribution in [0.1, 0.15) is 38.7 Å². The molecule has 1 aliphatic heterocycles. The van der Waals surface area contributed by atoms with Gasteiger partial charge in [-0.25, -0.2) is 4.98 Å². The van der Waals surface area contributed by atoms with E-state index in [0.29, 0.717) is 23.9 Å². The van der Waals surface area contributed by atoms with Crippen LogP contribution in [-0.4, -0.2) is 22.8 Å². The molecule has 0 radical (unpaired) electrons. The maximum Gasteiger partial charge on any atom is 0.243 e. The van der Waals surface area contributed by atoms with Crippen molar-refractivity contribution in [2.45, 2.75) is 45.7 Å². The van der Waals surface area contributed by atoms with Crippen LogP contribution < -0.4 is 15.0 Å². The van der Waals surface area contributed by atoms with Crippen LogP contribution in [0.3, 0.4) is 0 Å². The molecule has 1 aromatic carbocycles. The second kappa shape index (κ2) is 7.99. The van der Waals surface area contributed by atoms with Gasteiger partial charge >= 0.3 is 0 Å².